The lowest BCUT2D eigenvalue weighted by Crippen LogP contribution is -2.56. The van der Waals surface area contributed by atoms with Gasteiger partial charge in [0.05, 0.1) is 13.1 Å². The van der Waals surface area contributed by atoms with Crippen molar-refractivity contribution in [1.29, 1.82) is 0 Å². The first-order valence-electron chi connectivity index (χ1n) is 11.8. The normalized spacial score (nSPS) is 18.5. The molecule has 0 unspecified atom stereocenters. The Balaban J connectivity index is 1.36. The third kappa shape index (κ3) is 4.33. The molecule has 0 atom stereocenters. The number of likely N-dealkylation sites (tertiary alicyclic amines) is 1. The molecule has 8 heteroatoms. The van der Waals surface area contributed by atoms with Crippen LogP contribution in [0.2, 0.25) is 0 Å². The number of imide groups is 1. The van der Waals surface area contributed by atoms with Crippen LogP contribution < -0.4 is 0 Å². The van der Waals surface area contributed by atoms with Gasteiger partial charge in [0, 0.05) is 44.9 Å². The van der Waals surface area contributed by atoms with Crippen molar-refractivity contribution in [2.24, 2.45) is 0 Å². The van der Waals surface area contributed by atoms with Gasteiger partial charge in [-0.15, -0.1) is 11.3 Å². The monoisotopic (exact) mass is 478 g/mol. The maximum atomic E-state index is 13.8. The summed E-state index contributed by atoms with van der Waals surface area (Å²) >= 11 is 1.65. The first-order valence-corrected chi connectivity index (χ1v) is 12.7. The van der Waals surface area contributed by atoms with E-state index < -0.39 is 5.54 Å². The molecule has 0 radical (unpaired) electrons. The third-order valence-corrected chi connectivity index (χ3v) is 7.80. The molecule has 3 heterocycles. The lowest BCUT2D eigenvalue weighted by atomic mass is 9.85. The van der Waals surface area contributed by atoms with Crippen LogP contribution in [0, 0.1) is 0 Å². The largest absolute Gasteiger partial charge is 0.385 e. The van der Waals surface area contributed by atoms with Crippen molar-refractivity contribution in [1.82, 2.24) is 19.7 Å². The van der Waals surface area contributed by atoms with Crippen LogP contribution in [0.1, 0.15) is 29.8 Å². The van der Waals surface area contributed by atoms with Crippen molar-refractivity contribution in [3.8, 4) is 0 Å². The van der Waals surface area contributed by atoms with Gasteiger partial charge >= 0.3 is 6.03 Å². The van der Waals surface area contributed by atoms with Gasteiger partial charge in [0.1, 0.15) is 10.5 Å². The molecule has 34 heavy (non-hydrogen) atoms. The minimum atomic E-state index is -0.763. The highest BCUT2D eigenvalue weighted by atomic mass is 32.1. The van der Waals surface area contributed by atoms with E-state index in [4.69, 9.17) is 4.74 Å². The van der Waals surface area contributed by atoms with Gasteiger partial charge in [-0.1, -0.05) is 36.4 Å². The van der Waals surface area contributed by atoms with Crippen LogP contribution in [-0.2, 0) is 22.6 Å². The van der Waals surface area contributed by atoms with Crippen LogP contribution in [0.4, 0.5) is 4.79 Å². The molecule has 1 spiro atoms. The fourth-order valence-electron chi connectivity index (χ4n) is 5.21. The highest BCUT2D eigenvalue weighted by molar-refractivity contribution is 7.09. The predicted octanol–water partition coefficient (Wildman–Crippen LogP) is 4.13. The van der Waals surface area contributed by atoms with E-state index in [0.717, 1.165) is 41.0 Å². The number of urea groups is 1. The fourth-order valence-corrected chi connectivity index (χ4v) is 5.86. The van der Waals surface area contributed by atoms with Crippen molar-refractivity contribution in [2.45, 2.75) is 37.9 Å². The van der Waals surface area contributed by atoms with Gasteiger partial charge in [-0.05, 0) is 41.7 Å². The van der Waals surface area contributed by atoms with Crippen LogP contribution in [0.15, 0.2) is 54.0 Å². The van der Waals surface area contributed by atoms with E-state index in [2.05, 4.69) is 34.1 Å². The Morgan fingerprint density at radius 1 is 1.06 bits per heavy atom. The Bertz CT molecular complexity index is 1160. The molecule has 0 N–H and O–H groups in total. The van der Waals surface area contributed by atoms with E-state index in [1.807, 2.05) is 34.7 Å². The zero-order chi connectivity index (χ0) is 23.5. The number of nitrogens with zero attached hydrogens (tertiary/aromatic N) is 4. The number of aromatic nitrogens is 1. The smallest absolute Gasteiger partial charge is 0.327 e. The van der Waals surface area contributed by atoms with E-state index in [-0.39, 0.29) is 11.9 Å². The number of ether oxygens (including phenoxy) is 1. The number of thiazole rings is 1. The van der Waals surface area contributed by atoms with Gasteiger partial charge in [-0.25, -0.2) is 9.78 Å². The van der Waals surface area contributed by atoms with Gasteiger partial charge < -0.3 is 9.64 Å². The summed E-state index contributed by atoms with van der Waals surface area (Å²) < 4.78 is 5.23. The van der Waals surface area contributed by atoms with Crippen molar-refractivity contribution in [3.05, 3.63) is 64.6 Å². The van der Waals surface area contributed by atoms with Gasteiger partial charge in [-0.2, -0.15) is 0 Å². The molecule has 3 aromatic rings. The van der Waals surface area contributed by atoms with E-state index in [9.17, 15) is 9.59 Å². The molecule has 2 aliphatic rings. The summed E-state index contributed by atoms with van der Waals surface area (Å²) in [5, 5.41) is 5.33. The summed E-state index contributed by atoms with van der Waals surface area (Å²) in [7, 11) is 1.66. The molecule has 5 rings (SSSR count). The Hall–Kier alpha value is -2.81. The average molecular weight is 479 g/mol. The second-order valence-corrected chi connectivity index (χ2v) is 10.1. The molecular formula is C26H30N4O3S. The summed E-state index contributed by atoms with van der Waals surface area (Å²) in [6, 6.07) is 14.1. The van der Waals surface area contributed by atoms with Gasteiger partial charge in [0.25, 0.3) is 5.91 Å². The van der Waals surface area contributed by atoms with Crippen molar-refractivity contribution in [3.63, 3.8) is 0 Å². The Labute approximate surface area is 203 Å². The number of hydrogen-bond donors (Lipinski definition) is 0. The summed E-state index contributed by atoms with van der Waals surface area (Å²) in [5.74, 6) is -0.0584. The summed E-state index contributed by atoms with van der Waals surface area (Å²) in [6.07, 6.45) is 3.82. The Morgan fingerprint density at radius 2 is 1.85 bits per heavy atom. The molecule has 0 bridgehead atoms. The van der Waals surface area contributed by atoms with Gasteiger partial charge in [0.2, 0.25) is 0 Å². The molecule has 0 aliphatic carbocycles. The number of methoxy groups -OCH3 is 1. The quantitative estimate of drug-likeness (QED) is 0.360. The van der Waals surface area contributed by atoms with E-state index >= 15 is 0 Å². The van der Waals surface area contributed by atoms with Crippen LogP contribution in [0.25, 0.3) is 10.8 Å². The maximum absolute atomic E-state index is 13.8. The van der Waals surface area contributed by atoms with Crippen LogP contribution in [0.3, 0.4) is 0 Å². The van der Waals surface area contributed by atoms with Gasteiger partial charge in [0.15, 0.2) is 0 Å². The van der Waals surface area contributed by atoms with Gasteiger partial charge in [-0.3, -0.25) is 14.6 Å². The maximum Gasteiger partial charge on any atom is 0.327 e. The van der Waals surface area contributed by atoms with E-state index in [1.165, 1.54) is 4.90 Å². The molecule has 7 nitrogen and oxygen atoms in total. The van der Waals surface area contributed by atoms with Crippen molar-refractivity contribution >= 4 is 34.0 Å². The summed E-state index contributed by atoms with van der Waals surface area (Å²) in [5.41, 5.74) is 0.205. The summed E-state index contributed by atoms with van der Waals surface area (Å²) in [4.78, 5) is 37.4. The standard InChI is InChI=1S/C26H30N4O3S/c1-33-15-4-12-30-25(32)29(18-20-7-8-21-5-2-3-6-22(21)17-20)24(31)26(30)9-13-28(14-10-26)19-23-27-11-16-34-23/h2-3,5-8,11,16-17H,4,9-10,12-15,18-19H2,1H3. The molecule has 2 aromatic carbocycles. The number of hydrogen-bond acceptors (Lipinski definition) is 6. The average Bonchev–Trinajstić information content (AvgIpc) is 3.43. The van der Waals surface area contributed by atoms with Crippen molar-refractivity contribution in [2.75, 3.05) is 33.4 Å². The zero-order valence-corrected chi connectivity index (χ0v) is 20.3. The Kier molecular flexibility index (Phi) is 6.63. The van der Waals surface area contributed by atoms with Crippen LogP contribution >= 0.6 is 11.3 Å². The Morgan fingerprint density at radius 3 is 2.59 bits per heavy atom. The zero-order valence-electron chi connectivity index (χ0n) is 19.5. The second-order valence-electron chi connectivity index (χ2n) is 9.09. The SMILES string of the molecule is COCCCN1C(=O)N(Cc2ccc3ccccc3c2)C(=O)C12CCN(Cc1nccs1)CC2. The number of benzene rings is 2. The fraction of sp³-hybridized carbons (Fsp3) is 0.423. The predicted molar refractivity (Wildman–Crippen MR) is 132 cm³/mol. The molecule has 2 aliphatic heterocycles. The molecular weight excluding hydrogens is 448 g/mol. The van der Waals surface area contributed by atoms with Crippen LogP contribution in [0.5, 0.6) is 0 Å². The number of fused-ring (bicyclic) bond motifs is 1. The topological polar surface area (TPSA) is 66.0 Å². The molecule has 2 fully saturated rings. The lowest BCUT2D eigenvalue weighted by Gasteiger charge is -2.42. The highest BCUT2D eigenvalue weighted by Crippen LogP contribution is 2.38. The minimum absolute atomic E-state index is 0.0584. The van der Waals surface area contributed by atoms with E-state index in [0.29, 0.717) is 39.0 Å². The molecule has 1 aromatic heterocycles. The summed E-state index contributed by atoms with van der Waals surface area (Å²) in [6.45, 7) is 3.72. The second kappa shape index (κ2) is 9.82. The molecule has 178 valence electrons. The lowest BCUT2D eigenvalue weighted by molar-refractivity contribution is -0.136. The van der Waals surface area contributed by atoms with Crippen molar-refractivity contribution < 1.29 is 14.3 Å². The number of rotatable bonds is 8. The number of carbonyl (C=O) groups is 2. The molecule has 2 saturated heterocycles. The third-order valence-electron chi connectivity index (χ3n) is 7.03. The first-order chi connectivity index (χ1) is 16.6. The molecule has 3 amide bonds. The first kappa shape index (κ1) is 23.0. The van der Waals surface area contributed by atoms with Crippen LogP contribution in [-0.4, -0.2) is 70.5 Å². The number of piperidine rings is 1. The highest BCUT2D eigenvalue weighted by Gasteiger charge is 2.57. The molecule has 0 saturated carbocycles. The number of amides is 3. The minimum Gasteiger partial charge on any atom is -0.385 e. The van der Waals surface area contributed by atoms with E-state index in [1.54, 1.807) is 18.4 Å². The number of carbonyl (C=O) groups excluding carboxylic acids is 2.